The van der Waals surface area contributed by atoms with E-state index in [-0.39, 0.29) is 0 Å². The highest BCUT2D eigenvalue weighted by molar-refractivity contribution is 6.16. The first-order chi connectivity index (χ1) is 11.4. The second-order valence-corrected chi connectivity index (χ2v) is 5.73. The molecule has 23 heavy (non-hydrogen) atoms. The van der Waals surface area contributed by atoms with Gasteiger partial charge in [0.2, 0.25) is 0 Å². The molecule has 5 nitrogen and oxygen atoms in total. The van der Waals surface area contributed by atoms with Gasteiger partial charge in [0.15, 0.2) is 0 Å². The van der Waals surface area contributed by atoms with Crippen LogP contribution in [0.5, 0.6) is 0 Å². The van der Waals surface area contributed by atoms with Gasteiger partial charge in [-0.15, -0.1) is 0 Å². The van der Waals surface area contributed by atoms with E-state index < -0.39 is 0 Å². The number of aromatic nitrogens is 2. The van der Waals surface area contributed by atoms with Crippen LogP contribution < -0.4 is 0 Å². The minimum atomic E-state index is 0.561. The molecule has 114 valence electrons. The lowest BCUT2D eigenvalue weighted by Crippen LogP contribution is -1.99. The predicted molar refractivity (Wildman–Crippen MR) is 94.5 cm³/mol. The van der Waals surface area contributed by atoms with E-state index in [0.29, 0.717) is 6.54 Å². The van der Waals surface area contributed by atoms with Crippen LogP contribution in [0.3, 0.4) is 0 Å². The van der Waals surface area contributed by atoms with Crippen LogP contribution in [0.2, 0.25) is 0 Å². The van der Waals surface area contributed by atoms with Gasteiger partial charge in [-0.25, -0.2) is 0 Å². The number of unbranched alkanes of at least 4 members (excludes halogenated alkanes) is 1. The Labute approximate surface area is 133 Å². The van der Waals surface area contributed by atoms with Gasteiger partial charge in [-0.1, -0.05) is 35.4 Å². The molecule has 0 fully saturated rings. The normalized spacial score (nSPS) is 11.3. The number of nitrogens with one attached hydrogen (secondary N) is 1. The molecule has 0 unspecified atom stereocenters. The molecule has 0 saturated heterocycles. The Morgan fingerprint density at radius 1 is 1.04 bits per heavy atom. The van der Waals surface area contributed by atoms with Gasteiger partial charge in [-0.05, 0) is 30.5 Å². The fourth-order valence-corrected chi connectivity index (χ4v) is 3.40. The Hall–Kier alpha value is -2.91. The number of nitrogens with zero attached hydrogens (tertiary/aromatic N) is 4. The summed E-state index contributed by atoms with van der Waals surface area (Å²) in [7, 11) is 0. The third kappa shape index (κ3) is 2.22. The number of hydrogen-bond donors (Lipinski definition) is 1. The third-order valence-electron chi connectivity index (χ3n) is 4.41. The zero-order valence-electron chi connectivity index (χ0n) is 12.7. The summed E-state index contributed by atoms with van der Waals surface area (Å²) in [4.78, 5) is 6.20. The number of para-hydroxylation sites is 1. The Balaban J connectivity index is 1.87. The van der Waals surface area contributed by atoms with E-state index in [1.165, 1.54) is 32.7 Å². The van der Waals surface area contributed by atoms with E-state index in [1.807, 2.05) is 6.20 Å². The molecule has 1 N–H and O–H groups in total. The van der Waals surface area contributed by atoms with Crippen LogP contribution in [0.25, 0.3) is 43.2 Å². The molecule has 0 amide bonds. The number of rotatable bonds is 5. The maximum absolute atomic E-state index is 8.38. The van der Waals surface area contributed by atoms with Crippen molar-refractivity contribution in [2.75, 3.05) is 6.54 Å². The highest BCUT2D eigenvalue weighted by Gasteiger charge is 2.13. The molecule has 4 aromatic rings. The molecule has 0 atom stereocenters. The minimum Gasteiger partial charge on any atom is -0.359 e. The number of azide groups is 1. The Kier molecular flexibility index (Phi) is 3.41. The number of fused-ring (bicyclic) bond motifs is 5. The quantitative estimate of drug-likeness (QED) is 0.223. The molecule has 2 heterocycles. The van der Waals surface area contributed by atoms with Gasteiger partial charge in [-0.2, -0.15) is 0 Å². The van der Waals surface area contributed by atoms with Crippen LogP contribution in [-0.2, 0) is 6.54 Å². The molecule has 0 bridgehead atoms. The van der Waals surface area contributed by atoms with Crippen LogP contribution in [0.1, 0.15) is 12.8 Å². The Morgan fingerprint density at radius 2 is 1.96 bits per heavy atom. The average molecular weight is 303 g/mol. The van der Waals surface area contributed by atoms with Gasteiger partial charge in [0.25, 0.3) is 0 Å². The maximum Gasteiger partial charge on any atom is 0.0736 e. The van der Waals surface area contributed by atoms with Crippen LogP contribution >= 0.6 is 0 Å². The molecule has 2 aromatic carbocycles. The van der Waals surface area contributed by atoms with E-state index in [4.69, 9.17) is 5.53 Å². The first-order valence-electron chi connectivity index (χ1n) is 7.88. The van der Waals surface area contributed by atoms with Crippen molar-refractivity contribution in [3.05, 3.63) is 59.1 Å². The number of benzene rings is 2. The first kappa shape index (κ1) is 13.7. The van der Waals surface area contributed by atoms with Crippen LogP contribution in [-0.4, -0.2) is 16.1 Å². The van der Waals surface area contributed by atoms with E-state index in [0.717, 1.165) is 19.4 Å². The monoisotopic (exact) mass is 303 g/mol. The predicted octanol–water partition coefficient (Wildman–Crippen LogP) is 5.37. The number of hydrogen-bond acceptors (Lipinski definition) is 1. The van der Waals surface area contributed by atoms with Crippen LogP contribution in [0, 0.1) is 0 Å². The lowest BCUT2D eigenvalue weighted by atomic mass is 10.1. The van der Waals surface area contributed by atoms with E-state index in [2.05, 4.69) is 62.0 Å². The fourth-order valence-electron chi connectivity index (χ4n) is 3.40. The minimum absolute atomic E-state index is 0.561. The number of aromatic amines is 1. The second-order valence-electron chi connectivity index (χ2n) is 5.73. The van der Waals surface area contributed by atoms with Gasteiger partial charge >= 0.3 is 0 Å². The third-order valence-corrected chi connectivity index (χ3v) is 4.41. The molecule has 0 radical (unpaired) electrons. The summed E-state index contributed by atoms with van der Waals surface area (Å²) in [6.45, 7) is 1.48. The smallest absolute Gasteiger partial charge is 0.0736 e. The molecule has 0 saturated carbocycles. The standard InChI is InChI=1S/C18H17N5/c19-22-21-10-3-4-12-23-16-6-2-1-5-14(16)15-8-7-13-9-11-20-17(13)18(15)23/h1-2,5-9,11,20H,3-4,10,12H2. The summed E-state index contributed by atoms with van der Waals surface area (Å²) < 4.78 is 2.39. The van der Waals surface area contributed by atoms with Crippen molar-refractivity contribution in [1.29, 1.82) is 0 Å². The lowest BCUT2D eigenvalue weighted by molar-refractivity contribution is 0.642. The van der Waals surface area contributed by atoms with Gasteiger partial charge in [-0.3, -0.25) is 0 Å². The molecule has 2 aromatic heterocycles. The number of aryl methyl sites for hydroxylation is 1. The summed E-state index contributed by atoms with van der Waals surface area (Å²) >= 11 is 0. The van der Waals surface area contributed by atoms with Crippen molar-refractivity contribution in [3.8, 4) is 0 Å². The Morgan fingerprint density at radius 3 is 2.87 bits per heavy atom. The zero-order valence-corrected chi connectivity index (χ0v) is 12.7. The summed E-state index contributed by atoms with van der Waals surface area (Å²) in [6, 6.07) is 15.0. The summed E-state index contributed by atoms with van der Waals surface area (Å²) in [5, 5.41) is 7.42. The van der Waals surface area contributed by atoms with Crippen molar-refractivity contribution in [1.82, 2.24) is 9.55 Å². The SMILES string of the molecule is [N-]=[N+]=NCCCCn1c2ccccc2c2ccc3cc[nH]c3c21. The molecular weight excluding hydrogens is 286 g/mol. The van der Waals surface area contributed by atoms with Crippen LogP contribution in [0.4, 0.5) is 0 Å². The summed E-state index contributed by atoms with van der Waals surface area (Å²) in [5.74, 6) is 0. The fraction of sp³-hybridized carbons (Fsp3) is 0.222. The summed E-state index contributed by atoms with van der Waals surface area (Å²) in [5.41, 5.74) is 12.1. The molecule has 0 aliphatic rings. The average Bonchev–Trinajstić information content (AvgIpc) is 3.17. The first-order valence-corrected chi connectivity index (χ1v) is 7.88. The maximum atomic E-state index is 8.38. The molecule has 0 aliphatic heterocycles. The molecule has 0 spiro atoms. The lowest BCUT2D eigenvalue weighted by Gasteiger charge is -2.07. The molecule has 5 heteroatoms. The van der Waals surface area contributed by atoms with E-state index >= 15 is 0 Å². The van der Waals surface area contributed by atoms with Crippen molar-refractivity contribution >= 4 is 32.7 Å². The molecule has 0 aliphatic carbocycles. The zero-order chi connectivity index (χ0) is 15.6. The van der Waals surface area contributed by atoms with Gasteiger partial charge in [0.05, 0.1) is 11.0 Å². The topological polar surface area (TPSA) is 69.5 Å². The summed E-state index contributed by atoms with van der Waals surface area (Å²) in [6.07, 6.45) is 3.89. The van der Waals surface area contributed by atoms with Crippen molar-refractivity contribution < 1.29 is 0 Å². The highest BCUT2D eigenvalue weighted by atomic mass is 15.1. The van der Waals surface area contributed by atoms with Crippen LogP contribution in [0.15, 0.2) is 53.8 Å². The van der Waals surface area contributed by atoms with E-state index in [9.17, 15) is 0 Å². The highest BCUT2D eigenvalue weighted by Crippen LogP contribution is 2.33. The number of H-pyrrole nitrogens is 1. The molecule has 4 rings (SSSR count). The van der Waals surface area contributed by atoms with Crippen molar-refractivity contribution in [3.63, 3.8) is 0 Å². The van der Waals surface area contributed by atoms with E-state index in [1.54, 1.807) is 0 Å². The van der Waals surface area contributed by atoms with Gasteiger partial charge in [0.1, 0.15) is 0 Å². The van der Waals surface area contributed by atoms with Crippen molar-refractivity contribution in [2.24, 2.45) is 5.11 Å². The largest absolute Gasteiger partial charge is 0.359 e. The van der Waals surface area contributed by atoms with Crippen molar-refractivity contribution in [2.45, 2.75) is 19.4 Å². The second kappa shape index (κ2) is 5.71. The Bertz CT molecular complexity index is 1030. The molecular formula is C18H17N5. The van der Waals surface area contributed by atoms with Gasteiger partial charge in [0, 0.05) is 45.9 Å². The van der Waals surface area contributed by atoms with Gasteiger partial charge < -0.3 is 9.55 Å².